The minimum Gasteiger partial charge on any atom is -0.465 e. The molecule has 0 amide bonds. The maximum absolute atomic E-state index is 11.8. The standard InChI is InChI=1S/C18H26O4/c1-13(2)16-8-7-14(3)12-18(16,22-17(19)20-4)10-9-15-6-5-11-21-15/h5-6,9-11,13-14,16H,7-8,12H2,1-4H3/b10-9+/t14-,16+,18+/m1/s1. The fourth-order valence-corrected chi connectivity index (χ4v) is 3.55. The lowest BCUT2D eigenvalue weighted by molar-refractivity contribution is -0.0747. The zero-order valence-corrected chi connectivity index (χ0v) is 13.9. The Hall–Kier alpha value is -1.71. The summed E-state index contributed by atoms with van der Waals surface area (Å²) in [4.78, 5) is 11.8. The first kappa shape index (κ1) is 16.7. The van der Waals surface area contributed by atoms with E-state index in [1.54, 1.807) is 6.26 Å². The molecule has 1 aliphatic carbocycles. The van der Waals surface area contributed by atoms with Gasteiger partial charge in [-0.2, -0.15) is 0 Å². The highest BCUT2D eigenvalue weighted by Crippen LogP contribution is 2.45. The van der Waals surface area contributed by atoms with Crippen molar-refractivity contribution in [2.45, 2.75) is 45.6 Å². The average Bonchev–Trinajstić information content (AvgIpc) is 2.98. The van der Waals surface area contributed by atoms with Crippen LogP contribution in [0.4, 0.5) is 4.79 Å². The van der Waals surface area contributed by atoms with E-state index in [0.29, 0.717) is 11.8 Å². The fourth-order valence-electron chi connectivity index (χ4n) is 3.55. The summed E-state index contributed by atoms with van der Waals surface area (Å²) in [5.74, 6) is 1.95. The fraction of sp³-hybridized carbons (Fsp3) is 0.611. The summed E-state index contributed by atoms with van der Waals surface area (Å²) in [5, 5.41) is 0. The van der Waals surface area contributed by atoms with Crippen LogP contribution in [0.5, 0.6) is 0 Å². The van der Waals surface area contributed by atoms with Crippen LogP contribution in [0.1, 0.15) is 45.8 Å². The molecule has 4 nitrogen and oxygen atoms in total. The second-order valence-corrected chi connectivity index (χ2v) is 6.60. The van der Waals surface area contributed by atoms with Gasteiger partial charge in [0.2, 0.25) is 0 Å². The van der Waals surface area contributed by atoms with Crippen LogP contribution >= 0.6 is 0 Å². The molecule has 1 aromatic heterocycles. The molecule has 0 spiro atoms. The highest BCUT2D eigenvalue weighted by molar-refractivity contribution is 5.61. The van der Waals surface area contributed by atoms with Crippen molar-refractivity contribution >= 4 is 12.2 Å². The van der Waals surface area contributed by atoms with Gasteiger partial charge in [0.25, 0.3) is 0 Å². The molecule has 1 aromatic rings. The van der Waals surface area contributed by atoms with Crippen molar-refractivity contribution in [1.29, 1.82) is 0 Å². The van der Waals surface area contributed by atoms with Crippen LogP contribution in [0.25, 0.3) is 6.08 Å². The Morgan fingerprint density at radius 3 is 2.82 bits per heavy atom. The maximum Gasteiger partial charge on any atom is 0.508 e. The molecule has 122 valence electrons. The van der Waals surface area contributed by atoms with Crippen molar-refractivity contribution in [3.05, 3.63) is 30.2 Å². The summed E-state index contributed by atoms with van der Waals surface area (Å²) >= 11 is 0. The summed E-state index contributed by atoms with van der Waals surface area (Å²) in [7, 11) is 1.35. The molecular weight excluding hydrogens is 280 g/mol. The number of methoxy groups -OCH3 is 1. The molecule has 22 heavy (non-hydrogen) atoms. The van der Waals surface area contributed by atoms with Gasteiger partial charge in [-0.3, -0.25) is 0 Å². The van der Waals surface area contributed by atoms with Crippen molar-refractivity contribution in [3.63, 3.8) is 0 Å². The number of carbonyl (C=O) groups excluding carboxylic acids is 1. The highest BCUT2D eigenvalue weighted by Gasteiger charge is 2.46. The molecule has 0 bridgehead atoms. The third-order valence-corrected chi connectivity index (χ3v) is 4.58. The molecule has 1 saturated carbocycles. The molecule has 1 fully saturated rings. The lowest BCUT2D eigenvalue weighted by Gasteiger charge is -2.45. The van der Waals surface area contributed by atoms with E-state index in [1.165, 1.54) is 7.11 Å². The summed E-state index contributed by atoms with van der Waals surface area (Å²) in [5.41, 5.74) is -0.633. The monoisotopic (exact) mass is 306 g/mol. The van der Waals surface area contributed by atoms with E-state index in [2.05, 4.69) is 20.8 Å². The lowest BCUT2D eigenvalue weighted by atomic mass is 9.66. The number of hydrogen-bond acceptors (Lipinski definition) is 4. The molecule has 0 aromatic carbocycles. The number of hydrogen-bond donors (Lipinski definition) is 0. The largest absolute Gasteiger partial charge is 0.508 e. The van der Waals surface area contributed by atoms with Crippen molar-refractivity contribution in [2.24, 2.45) is 17.8 Å². The van der Waals surface area contributed by atoms with Crippen LogP contribution in [-0.4, -0.2) is 18.9 Å². The van der Waals surface area contributed by atoms with Crippen molar-refractivity contribution in [3.8, 4) is 0 Å². The molecule has 0 N–H and O–H groups in total. The maximum atomic E-state index is 11.8. The summed E-state index contributed by atoms with van der Waals surface area (Å²) in [6.45, 7) is 6.56. The molecule has 0 aliphatic heterocycles. The van der Waals surface area contributed by atoms with Crippen LogP contribution in [-0.2, 0) is 9.47 Å². The van der Waals surface area contributed by atoms with Crippen LogP contribution in [0.2, 0.25) is 0 Å². The average molecular weight is 306 g/mol. The predicted octanol–water partition coefficient (Wildman–Crippen LogP) is 4.91. The molecular formula is C18H26O4. The summed E-state index contributed by atoms with van der Waals surface area (Å²) in [6, 6.07) is 3.73. The predicted molar refractivity (Wildman–Crippen MR) is 85.3 cm³/mol. The number of ether oxygens (including phenoxy) is 2. The Bertz CT molecular complexity index is 503. The molecule has 1 aliphatic rings. The molecule has 0 saturated heterocycles. The summed E-state index contributed by atoms with van der Waals surface area (Å²) < 4.78 is 15.9. The Labute approximate surface area is 132 Å². The van der Waals surface area contributed by atoms with E-state index in [0.717, 1.165) is 25.0 Å². The van der Waals surface area contributed by atoms with Crippen molar-refractivity contribution < 1.29 is 18.7 Å². The van der Waals surface area contributed by atoms with Crippen LogP contribution < -0.4 is 0 Å². The molecule has 1 heterocycles. The third-order valence-electron chi connectivity index (χ3n) is 4.58. The Kier molecular flexibility index (Phi) is 5.33. The van der Waals surface area contributed by atoms with Crippen molar-refractivity contribution in [2.75, 3.05) is 7.11 Å². The Morgan fingerprint density at radius 1 is 1.45 bits per heavy atom. The van der Waals surface area contributed by atoms with Gasteiger partial charge in [-0.25, -0.2) is 4.79 Å². The Morgan fingerprint density at radius 2 is 2.23 bits per heavy atom. The van der Waals surface area contributed by atoms with E-state index in [-0.39, 0.29) is 5.92 Å². The van der Waals surface area contributed by atoms with Crippen LogP contribution in [0.15, 0.2) is 28.9 Å². The minimum atomic E-state index is -0.633. The Balaban J connectivity index is 2.34. The van der Waals surface area contributed by atoms with E-state index < -0.39 is 11.8 Å². The quantitative estimate of drug-likeness (QED) is 0.742. The molecule has 4 heteroatoms. The van der Waals surface area contributed by atoms with Gasteiger partial charge in [0, 0.05) is 5.92 Å². The number of rotatable bonds is 4. The second-order valence-electron chi connectivity index (χ2n) is 6.60. The zero-order chi connectivity index (χ0) is 16.2. The van der Waals surface area contributed by atoms with Gasteiger partial charge in [-0.1, -0.05) is 27.2 Å². The van der Waals surface area contributed by atoms with Crippen molar-refractivity contribution in [1.82, 2.24) is 0 Å². The minimum absolute atomic E-state index is 0.272. The lowest BCUT2D eigenvalue weighted by Crippen LogP contribution is -2.47. The van der Waals surface area contributed by atoms with E-state index >= 15 is 0 Å². The van der Waals surface area contributed by atoms with Gasteiger partial charge in [0.15, 0.2) is 0 Å². The molecule has 2 rings (SSSR count). The summed E-state index contributed by atoms with van der Waals surface area (Å²) in [6.07, 6.45) is 7.91. The van der Waals surface area contributed by atoms with E-state index in [1.807, 2.05) is 24.3 Å². The normalized spacial score (nSPS) is 29.0. The zero-order valence-electron chi connectivity index (χ0n) is 13.9. The molecule has 3 atom stereocenters. The van der Waals surface area contributed by atoms with Gasteiger partial charge in [-0.05, 0) is 49.0 Å². The first-order valence-corrected chi connectivity index (χ1v) is 7.96. The smallest absolute Gasteiger partial charge is 0.465 e. The van der Waals surface area contributed by atoms with E-state index in [4.69, 9.17) is 13.9 Å². The second kappa shape index (κ2) is 7.03. The molecule has 0 unspecified atom stereocenters. The number of carbonyl (C=O) groups is 1. The molecule has 0 radical (unpaired) electrons. The topological polar surface area (TPSA) is 48.7 Å². The van der Waals surface area contributed by atoms with Gasteiger partial charge in [0.1, 0.15) is 11.4 Å². The highest BCUT2D eigenvalue weighted by atomic mass is 16.7. The first-order valence-electron chi connectivity index (χ1n) is 7.96. The third kappa shape index (κ3) is 3.73. The van der Waals surface area contributed by atoms with Gasteiger partial charge < -0.3 is 13.9 Å². The van der Waals surface area contributed by atoms with Gasteiger partial charge in [-0.15, -0.1) is 0 Å². The van der Waals surface area contributed by atoms with Crippen LogP contribution in [0.3, 0.4) is 0 Å². The van der Waals surface area contributed by atoms with Gasteiger partial charge >= 0.3 is 6.16 Å². The van der Waals surface area contributed by atoms with E-state index in [9.17, 15) is 4.79 Å². The SMILES string of the molecule is COC(=O)O[C@@]1(/C=C/c2ccco2)C[C@H](C)CC[C@H]1C(C)C. The van der Waals surface area contributed by atoms with Gasteiger partial charge in [0.05, 0.1) is 13.4 Å². The number of furan rings is 1. The first-order chi connectivity index (χ1) is 10.5. The van der Waals surface area contributed by atoms with Crippen LogP contribution in [0, 0.1) is 17.8 Å².